The Morgan fingerprint density at radius 1 is 1.11 bits per heavy atom. The molecule has 1 aromatic carbocycles. The van der Waals surface area contributed by atoms with Gasteiger partial charge in [0, 0.05) is 5.56 Å². The van der Waals surface area contributed by atoms with Crippen LogP contribution in [0.15, 0.2) is 28.9 Å². The molecule has 18 heavy (non-hydrogen) atoms. The summed E-state index contributed by atoms with van der Waals surface area (Å²) >= 11 is 3.60. The summed E-state index contributed by atoms with van der Waals surface area (Å²) in [7, 11) is 0. The van der Waals surface area contributed by atoms with Crippen molar-refractivity contribution in [3.05, 3.63) is 40.0 Å². The van der Waals surface area contributed by atoms with Crippen molar-refractivity contribution in [2.75, 3.05) is 0 Å². The standard InChI is InChI=1S/C15H19BrN2/c1-10-7-6-8-11(2)14(10)12-9-13(16)18(17-12)15(3,4)5/h6-9H,1-5H3. The zero-order valence-corrected chi connectivity index (χ0v) is 13.2. The molecule has 0 aliphatic heterocycles. The first-order valence-corrected chi connectivity index (χ1v) is 6.92. The Morgan fingerprint density at radius 3 is 2.11 bits per heavy atom. The van der Waals surface area contributed by atoms with Gasteiger partial charge in [0.1, 0.15) is 4.60 Å². The van der Waals surface area contributed by atoms with Crippen LogP contribution in [0, 0.1) is 13.8 Å². The first-order chi connectivity index (χ1) is 8.30. The lowest BCUT2D eigenvalue weighted by atomic mass is 10.0. The van der Waals surface area contributed by atoms with Gasteiger partial charge in [0.2, 0.25) is 0 Å². The molecule has 1 aromatic heterocycles. The highest BCUT2D eigenvalue weighted by atomic mass is 79.9. The number of aryl methyl sites for hydroxylation is 2. The molecule has 0 fully saturated rings. The summed E-state index contributed by atoms with van der Waals surface area (Å²) in [5, 5.41) is 4.74. The summed E-state index contributed by atoms with van der Waals surface area (Å²) in [5.41, 5.74) is 4.78. The van der Waals surface area contributed by atoms with Crippen LogP contribution in [0.3, 0.4) is 0 Å². The summed E-state index contributed by atoms with van der Waals surface area (Å²) in [5.74, 6) is 0. The molecule has 2 aromatic rings. The molecule has 0 unspecified atom stereocenters. The van der Waals surface area contributed by atoms with Gasteiger partial charge in [-0.25, -0.2) is 0 Å². The van der Waals surface area contributed by atoms with Crippen molar-refractivity contribution in [2.45, 2.75) is 40.2 Å². The Bertz CT molecular complexity index is 556. The molecular formula is C15H19BrN2. The number of halogens is 1. The summed E-state index contributed by atoms with van der Waals surface area (Å²) < 4.78 is 3.04. The molecule has 0 aliphatic rings. The lowest BCUT2D eigenvalue weighted by Gasteiger charge is -2.20. The SMILES string of the molecule is Cc1cccc(C)c1-c1cc(Br)n(C(C)(C)C)n1. The van der Waals surface area contributed by atoms with Crippen LogP contribution in [0.1, 0.15) is 31.9 Å². The molecule has 0 N–H and O–H groups in total. The minimum atomic E-state index is -0.0202. The van der Waals surface area contributed by atoms with E-state index in [2.05, 4.69) is 74.8 Å². The molecule has 2 rings (SSSR count). The van der Waals surface area contributed by atoms with Crippen molar-refractivity contribution in [3.63, 3.8) is 0 Å². The highest BCUT2D eigenvalue weighted by Crippen LogP contribution is 2.30. The van der Waals surface area contributed by atoms with Crippen LogP contribution in [0.25, 0.3) is 11.3 Å². The first kappa shape index (κ1) is 13.3. The predicted octanol–water partition coefficient (Wildman–Crippen LogP) is 4.68. The van der Waals surface area contributed by atoms with Crippen LogP contribution in [0.4, 0.5) is 0 Å². The van der Waals surface area contributed by atoms with Crippen molar-refractivity contribution < 1.29 is 0 Å². The highest BCUT2D eigenvalue weighted by molar-refractivity contribution is 9.10. The van der Waals surface area contributed by atoms with Crippen molar-refractivity contribution in [2.24, 2.45) is 0 Å². The summed E-state index contributed by atoms with van der Waals surface area (Å²) in [4.78, 5) is 0. The van der Waals surface area contributed by atoms with E-state index in [4.69, 9.17) is 5.10 Å². The molecule has 3 heteroatoms. The van der Waals surface area contributed by atoms with E-state index < -0.39 is 0 Å². The van der Waals surface area contributed by atoms with Gasteiger partial charge in [-0.1, -0.05) is 18.2 Å². The molecule has 0 amide bonds. The van der Waals surface area contributed by atoms with Gasteiger partial charge in [0.05, 0.1) is 11.2 Å². The average Bonchev–Trinajstić information content (AvgIpc) is 2.59. The third kappa shape index (κ3) is 2.37. The summed E-state index contributed by atoms with van der Waals surface area (Å²) in [6.07, 6.45) is 0. The lowest BCUT2D eigenvalue weighted by molar-refractivity contribution is 0.349. The third-order valence-electron chi connectivity index (χ3n) is 3.04. The third-order valence-corrected chi connectivity index (χ3v) is 3.60. The van der Waals surface area contributed by atoms with E-state index in [9.17, 15) is 0 Å². The van der Waals surface area contributed by atoms with Crippen LogP contribution < -0.4 is 0 Å². The quantitative estimate of drug-likeness (QED) is 0.747. The van der Waals surface area contributed by atoms with Crippen LogP contribution in [0.5, 0.6) is 0 Å². The van der Waals surface area contributed by atoms with E-state index in [0.29, 0.717) is 0 Å². The van der Waals surface area contributed by atoms with E-state index in [-0.39, 0.29) is 5.54 Å². The fraction of sp³-hybridized carbons (Fsp3) is 0.400. The number of hydrogen-bond donors (Lipinski definition) is 0. The van der Waals surface area contributed by atoms with Gasteiger partial charge >= 0.3 is 0 Å². The maximum Gasteiger partial charge on any atom is 0.105 e. The van der Waals surface area contributed by atoms with Gasteiger partial charge in [-0.05, 0) is 67.7 Å². The van der Waals surface area contributed by atoms with Crippen molar-refractivity contribution in [1.29, 1.82) is 0 Å². The topological polar surface area (TPSA) is 17.8 Å². The summed E-state index contributed by atoms with van der Waals surface area (Å²) in [6, 6.07) is 8.45. The first-order valence-electron chi connectivity index (χ1n) is 6.13. The van der Waals surface area contributed by atoms with E-state index in [0.717, 1.165) is 10.3 Å². The summed E-state index contributed by atoms with van der Waals surface area (Å²) in [6.45, 7) is 10.7. The molecule has 0 aliphatic carbocycles. The monoisotopic (exact) mass is 306 g/mol. The minimum absolute atomic E-state index is 0.0202. The number of benzene rings is 1. The molecule has 0 spiro atoms. The van der Waals surface area contributed by atoms with Crippen LogP contribution in [-0.2, 0) is 5.54 Å². The Morgan fingerprint density at radius 2 is 1.67 bits per heavy atom. The zero-order chi connectivity index (χ0) is 13.5. The van der Waals surface area contributed by atoms with Gasteiger partial charge in [0.15, 0.2) is 0 Å². The van der Waals surface area contributed by atoms with E-state index >= 15 is 0 Å². The normalized spacial score (nSPS) is 11.9. The minimum Gasteiger partial charge on any atom is -0.253 e. The molecule has 2 nitrogen and oxygen atoms in total. The molecule has 0 saturated heterocycles. The lowest BCUT2D eigenvalue weighted by Crippen LogP contribution is -2.23. The number of hydrogen-bond acceptors (Lipinski definition) is 1. The van der Waals surface area contributed by atoms with Gasteiger partial charge in [-0.15, -0.1) is 0 Å². The van der Waals surface area contributed by atoms with Crippen LogP contribution >= 0.6 is 15.9 Å². The molecule has 1 heterocycles. The Labute approximate surface area is 117 Å². The van der Waals surface area contributed by atoms with Gasteiger partial charge in [-0.3, -0.25) is 4.68 Å². The Kier molecular flexibility index (Phi) is 3.37. The number of rotatable bonds is 1. The molecular weight excluding hydrogens is 288 g/mol. The second-order valence-electron chi connectivity index (χ2n) is 5.70. The fourth-order valence-electron chi connectivity index (χ4n) is 2.17. The Balaban J connectivity index is 2.60. The van der Waals surface area contributed by atoms with Crippen molar-refractivity contribution in [3.8, 4) is 11.3 Å². The molecule has 0 bridgehead atoms. The van der Waals surface area contributed by atoms with E-state index in [1.54, 1.807) is 0 Å². The van der Waals surface area contributed by atoms with Gasteiger partial charge in [0.25, 0.3) is 0 Å². The molecule has 0 saturated carbocycles. The highest BCUT2D eigenvalue weighted by Gasteiger charge is 2.19. The maximum absolute atomic E-state index is 4.74. The molecule has 96 valence electrons. The van der Waals surface area contributed by atoms with Crippen LogP contribution in [-0.4, -0.2) is 9.78 Å². The average molecular weight is 307 g/mol. The fourth-order valence-corrected chi connectivity index (χ4v) is 3.00. The predicted molar refractivity (Wildman–Crippen MR) is 79.8 cm³/mol. The smallest absolute Gasteiger partial charge is 0.105 e. The molecule has 0 radical (unpaired) electrons. The van der Waals surface area contributed by atoms with Gasteiger partial charge in [-0.2, -0.15) is 5.10 Å². The second kappa shape index (κ2) is 4.54. The zero-order valence-electron chi connectivity index (χ0n) is 11.6. The van der Waals surface area contributed by atoms with Crippen molar-refractivity contribution >= 4 is 15.9 Å². The second-order valence-corrected chi connectivity index (χ2v) is 6.51. The molecule has 0 atom stereocenters. The largest absolute Gasteiger partial charge is 0.253 e. The maximum atomic E-state index is 4.74. The number of nitrogens with zero attached hydrogens (tertiary/aromatic N) is 2. The number of aromatic nitrogens is 2. The van der Waals surface area contributed by atoms with Crippen molar-refractivity contribution in [1.82, 2.24) is 9.78 Å². The van der Waals surface area contributed by atoms with E-state index in [1.807, 2.05) is 4.68 Å². The van der Waals surface area contributed by atoms with Gasteiger partial charge < -0.3 is 0 Å². The Hall–Kier alpha value is -1.09. The van der Waals surface area contributed by atoms with E-state index in [1.165, 1.54) is 16.7 Å². The van der Waals surface area contributed by atoms with Crippen LogP contribution in [0.2, 0.25) is 0 Å².